The molecule has 1 N–H and O–H groups in total. The van der Waals surface area contributed by atoms with Gasteiger partial charge in [-0.2, -0.15) is 5.26 Å². The molecule has 0 spiro atoms. The van der Waals surface area contributed by atoms with Gasteiger partial charge in [0.15, 0.2) is 0 Å². The van der Waals surface area contributed by atoms with Gasteiger partial charge < -0.3 is 5.32 Å². The van der Waals surface area contributed by atoms with Crippen LogP contribution >= 0.6 is 11.6 Å². The van der Waals surface area contributed by atoms with E-state index in [1.54, 1.807) is 6.07 Å². The Balaban J connectivity index is 2.06. The summed E-state index contributed by atoms with van der Waals surface area (Å²) >= 11 is 5.68. The molecular formula is C16H14ClN3O. The number of anilines is 1. The van der Waals surface area contributed by atoms with Crippen molar-refractivity contribution in [2.75, 3.05) is 11.2 Å². The Bertz CT molecular complexity index is 662. The minimum absolute atomic E-state index is 0.278. The summed E-state index contributed by atoms with van der Waals surface area (Å²) in [6, 6.07) is 12.7. The maximum absolute atomic E-state index is 12.1. The van der Waals surface area contributed by atoms with Crippen molar-refractivity contribution < 1.29 is 4.79 Å². The Morgan fingerprint density at radius 3 is 2.86 bits per heavy atom. The summed E-state index contributed by atoms with van der Waals surface area (Å²) in [7, 11) is 0. The van der Waals surface area contributed by atoms with Crippen molar-refractivity contribution in [3.05, 3.63) is 59.4 Å². The number of hydrogen-bond acceptors (Lipinski definition) is 3. The Morgan fingerprint density at radius 2 is 2.19 bits per heavy atom. The molecule has 1 amide bonds. The van der Waals surface area contributed by atoms with Gasteiger partial charge in [-0.1, -0.05) is 12.1 Å². The number of alkyl halides is 1. The number of halogens is 1. The number of nitriles is 1. The van der Waals surface area contributed by atoms with Gasteiger partial charge in [0, 0.05) is 17.8 Å². The number of nitrogens with one attached hydrogen (secondary N) is 1. The minimum Gasteiger partial charge on any atom is -0.321 e. The molecule has 1 aromatic heterocycles. The van der Waals surface area contributed by atoms with Crippen LogP contribution in [0, 0.1) is 11.3 Å². The average molecular weight is 300 g/mol. The fraction of sp³-hybridized carbons (Fsp3) is 0.188. The highest BCUT2D eigenvalue weighted by Crippen LogP contribution is 2.13. The smallest absolute Gasteiger partial charge is 0.274 e. The molecule has 0 saturated heterocycles. The first kappa shape index (κ1) is 15.0. The van der Waals surface area contributed by atoms with E-state index in [0.717, 1.165) is 24.1 Å². The van der Waals surface area contributed by atoms with Crippen molar-refractivity contribution in [3.8, 4) is 6.07 Å². The number of aromatic nitrogens is 1. The largest absolute Gasteiger partial charge is 0.321 e. The molecule has 0 unspecified atom stereocenters. The summed E-state index contributed by atoms with van der Waals surface area (Å²) in [5.74, 6) is 0.320. The third kappa shape index (κ3) is 4.30. The molecule has 1 heterocycles. The lowest BCUT2D eigenvalue weighted by molar-refractivity contribution is 0.102. The lowest BCUT2D eigenvalue weighted by Gasteiger charge is -2.07. The molecule has 0 fully saturated rings. The van der Waals surface area contributed by atoms with Gasteiger partial charge in [-0.05, 0) is 42.7 Å². The molecule has 2 aromatic rings. The van der Waals surface area contributed by atoms with Crippen molar-refractivity contribution in [1.82, 2.24) is 4.98 Å². The van der Waals surface area contributed by atoms with Crippen LogP contribution < -0.4 is 5.32 Å². The third-order valence-corrected chi connectivity index (χ3v) is 3.18. The molecule has 2 rings (SSSR count). The molecule has 1 aromatic carbocycles. The molecule has 0 saturated carbocycles. The number of hydrogen-bond donors (Lipinski definition) is 1. The molecule has 0 bridgehead atoms. The highest BCUT2D eigenvalue weighted by Gasteiger charge is 2.08. The number of carbonyl (C=O) groups excluding carboxylic acids is 1. The van der Waals surface area contributed by atoms with Crippen LogP contribution in [-0.2, 0) is 6.42 Å². The van der Waals surface area contributed by atoms with Crippen LogP contribution in [-0.4, -0.2) is 16.8 Å². The number of carbonyl (C=O) groups is 1. The Kier molecular flexibility index (Phi) is 5.30. The molecule has 106 valence electrons. The third-order valence-electron chi connectivity index (χ3n) is 2.91. The molecule has 0 aliphatic rings. The second-order valence-corrected chi connectivity index (χ2v) is 4.87. The van der Waals surface area contributed by atoms with Gasteiger partial charge in [0.25, 0.3) is 5.91 Å². The van der Waals surface area contributed by atoms with Gasteiger partial charge >= 0.3 is 0 Å². The van der Waals surface area contributed by atoms with E-state index >= 15 is 0 Å². The summed E-state index contributed by atoms with van der Waals surface area (Å²) < 4.78 is 0. The van der Waals surface area contributed by atoms with E-state index in [1.807, 2.05) is 30.3 Å². The molecule has 0 radical (unpaired) electrons. The molecule has 0 aliphatic heterocycles. The second-order valence-electron chi connectivity index (χ2n) is 4.49. The van der Waals surface area contributed by atoms with E-state index in [2.05, 4.69) is 10.3 Å². The van der Waals surface area contributed by atoms with Crippen LogP contribution in [0.2, 0.25) is 0 Å². The van der Waals surface area contributed by atoms with Crippen LogP contribution in [0.4, 0.5) is 5.69 Å². The normalized spacial score (nSPS) is 9.90. The second kappa shape index (κ2) is 7.41. The summed E-state index contributed by atoms with van der Waals surface area (Å²) in [5, 5.41) is 11.5. The highest BCUT2D eigenvalue weighted by molar-refractivity contribution is 6.17. The van der Waals surface area contributed by atoms with E-state index in [9.17, 15) is 4.79 Å². The zero-order chi connectivity index (χ0) is 15.1. The number of aryl methyl sites for hydroxylation is 1. The van der Waals surface area contributed by atoms with E-state index in [-0.39, 0.29) is 11.6 Å². The first-order chi connectivity index (χ1) is 10.2. The number of nitrogens with zero attached hydrogens (tertiary/aromatic N) is 2. The van der Waals surface area contributed by atoms with Crippen molar-refractivity contribution in [2.24, 2.45) is 0 Å². The molecule has 0 aliphatic carbocycles. The SMILES string of the molecule is N#Cc1ccc(C(=O)Nc2cccc(CCCCl)c2)nc1. The Hall–Kier alpha value is -2.38. The number of benzene rings is 1. The van der Waals surface area contributed by atoms with Crippen molar-refractivity contribution in [2.45, 2.75) is 12.8 Å². The molecular weight excluding hydrogens is 286 g/mol. The molecule has 4 nitrogen and oxygen atoms in total. The summed E-state index contributed by atoms with van der Waals surface area (Å²) in [6.07, 6.45) is 3.16. The summed E-state index contributed by atoms with van der Waals surface area (Å²) in [4.78, 5) is 16.0. The van der Waals surface area contributed by atoms with E-state index < -0.39 is 0 Å². The van der Waals surface area contributed by atoms with Crippen LogP contribution in [0.1, 0.15) is 28.0 Å². The molecule has 5 heteroatoms. The molecule has 21 heavy (non-hydrogen) atoms. The fourth-order valence-corrected chi connectivity index (χ4v) is 2.00. The molecule has 0 atom stereocenters. The van der Waals surface area contributed by atoms with Gasteiger partial charge in [0.1, 0.15) is 11.8 Å². The average Bonchev–Trinajstić information content (AvgIpc) is 2.53. The van der Waals surface area contributed by atoms with E-state index in [4.69, 9.17) is 16.9 Å². The zero-order valence-corrected chi connectivity index (χ0v) is 12.1. The van der Waals surface area contributed by atoms with Gasteiger partial charge in [-0.15, -0.1) is 11.6 Å². The maximum atomic E-state index is 12.1. The quantitative estimate of drug-likeness (QED) is 0.861. The number of rotatable bonds is 5. The topological polar surface area (TPSA) is 65.8 Å². The predicted octanol–water partition coefficient (Wildman–Crippen LogP) is 3.38. The van der Waals surface area contributed by atoms with Crippen LogP contribution in [0.3, 0.4) is 0 Å². The van der Waals surface area contributed by atoms with Crippen molar-refractivity contribution in [1.29, 1.82) is 5.26 Å². The van der Waals surface area contributed by atoms with Crippen LogP contribution in [0.15, 0.2) is 42.6 Å². The van der Waals surface area contributed by atoms with Gasteiger partial charge in [-0.25, -0.2) is 4.98 Å². The maximum Gasteiger partial charge on any atom is 0.274 e. The van der Waals surface area contributed by atoms with Crippen molar-refractivity contribution in [3.63, 3.8) is 0 Å². The highest BCUT2D eigenvalue weighted by atomic mass is 35.5. The van der Waals surface area contributed by atoms with Gasteiger partial charge in [0.05, 0.1) is 5.56 Å². The van der Waals surface area contributed by atoms with E-state index in [0.29, 0.717) is 11.4 Å². The fourth-order valence-electron chi connectivity index (χ4n) is 1.86. The first-order valence-corrected chi connectivity index (χ1v) is 7.09. The number of pyridine rings is 1. The van der Waals surface area contributed by atoms with E-state index in [1.165, 1.54) is 12.3 Å². The van der Waals surface area contributed by atoms with Gasteiger partial charge in [-0.3, -0.25) is 4.79 Å². The lowest BCUT2D eigenvalue weighted by Crippen LogP contribution is -2.13. The Morgan fingerprint density at radius 1 is 1.33 bits per heavy atom. The van der Waals surface area contributed by atoms with Crippen LogP contribution in [0.25, 0.3) is 0 Å². The minimum atomic E-state index is -0.297. The van der Waals surface area contributed by atoms with Gasteiger partial charge in [0.2, 0.25) is 0 Å². The van der Waals surface area contributed by atoms with Crippen molar-refractivity contribution >= 4 is 23.2 Å². The number of amides is 1. The lowest BCUT2D eigenvalue weighted by atomic mass is 10.1. The standard InChI is InChI=1S/C16H14ClN3O/c17-8-2-4-12-3-1-5-14(9-12)20-16(21)15-7-6-13(10-18)11-19-15/h1,3,5-7,9,11H,2,4,8H2,(H,20,21). The predicted molar refractivity (Wildman–Crippen MR) is 82.4 cm³/mol. The zero-order valence-electron chi connectivity index (χ0n) is 11.3. The van der Waals surface area contributed by atoms with Crippen LogP contribution in [0.5, 0.6) is 0 Å². The summed E-state index contributed by atoms with van der Waals surface area (Å²) in [6.45, 7) is 0. The Labute approximate surface area is 128 Å². The summed E-state index contributed by atoms with van der Waals surface area (Å²) in [5.41, 5.74) is 2.55. The first-order valence-electron chi connectivity index (χ1n) is 6.55. The monoisotopic (exact) mass is 299 g/mol.